The van der Waals surface area contributed by atoms with Gasteiger partial charge in [-0.3, -0.25) is 9.07 Å². The zero-order chi connectivity index (χ0) is 11.3. The van der Waals surface area contributed by atoms with Crippen molar-refractivity contribution >= 4 is 0 Å². The normalized spacial score (nSPS) is 12.0. The molecule has 86 valence electrons. The van der Waals surface area contributed by atoms with Crippen LogP contribution in [0, 0.1) is 0 Å². The van der Waals surface area contributed by atoms with E-state index < -0.39 is 0 Å². The van der Waals surface area contributed by atoms with E-state index in [0.29, 0.717) is 13.0 Å². The number of aryl methyl sites for hydroxylation is 1. The van der Waals surface area contributed by atoms with Crippen molar-refractivity contribution in [2.75, 3.05) is 6.67 Å². The molecule has 0 aliphatic rings. The first-order chi connectivity index (χ1) is 7.01. The van der Waals surface area contributed by atoms with E-state index in [-0.39, 0.29) is 12.2 Å². The molecule has 1 heterocycles. The molecule has 0 saturated heterocycles. The largest absolute Gasteiger partial charge is 0.308 e. The minimum absolute atomic E-state index is 0.112. The lowest BCUT2D eigenvalue weighted by Gasteiger charge is -2.19. The smallest absolute Gasteiger partial charge is 0.0912 e. The van der Waals surface area contributed by atoms with E-state index in [9.17, 15) is 4.39 Å². The van der Waals surface area contributed by atoms with Crippen LogP contribution in [0.3, 0.4) is 0 Å². The molecule has 4 heteroatoms. The van der Waals surface area contributed by atoms with Gasteiger partial charge in [0.1, 0.15) is 0 Å². The molecule has 3 nitrogen and oxygen atoms in total. The van der Waals surface area contributed by atoms with Gasteiger partial charge in [-0.1, -0.05) is 0 Å². The summed E-state index contributed by atoms with van der Waals surface area (Å²) in [7, 11) is 0. The number of hydrogen-bond donors (Lipinski definition) is 1. The van der Waals surface area contributed by atoms with Crippen molar-refractivity contribution < 1.29 is 4.39 Å². The maximum Gasteiger partial charge on any atom is 0.0912 e. The fourth-order valence-corrected chi connectivity index (χ4v) is 1.21. The molecule has 1 rings (SSSR count). The standard InChI is InChI=1S/C11H20FN3/c1-11(2,3)13-7-10-8-14-15(9-10)6-4-5-12/h8-9,13H,4-7H2,1-3H3. The molecular formula is C11H20FN3. The van der Waals surface area contributed by atoms with E-state index in [1.165, 1.54) is 0 Å². The minimum atomic E-state index is -0.282. The zero-order valence-electron chi connectivity index (χ0n) is 9.76. The summed E-state index contributed by atoms with van der Waals surface area (Å²) in [5, 5.41) is 7.54. The molecule has 0 radical (unpaired) electrons. The summed E-state index contributed by atoms with van der Waals surface area (Å²) in [6.45, 7) is 7.56. The van der Waals surface area contributed by atoms with Gasteiger partial charge in [0.05, 0.1) is 12.9 Å². The summed E-state index contributed by atoms with van der Waals surface area (Å²) in [6, 6.07) is 0. The fraction of sp³-hybridized carbons (Fsp3) is 0.727. The topological polar surface area (TPSA) is 29.9 Å². The highest BCUT2D eigenvalue weighted by Gasteiger charge is 2.08. The Labute approximate surface area is 90.7 Å². The lowest BCUT2D eigenvalue weighted by atomic mass is 10.1. The van der Waals surface area contributed by atoms with Crippen LogP contribution in [0.2, 0.25) is 0 Å². The van der Waals surface area contributed by atoms with E-state index >= 15 is 0 Å². The molecule has 0 fully saturated rings. The van der Waals surface area contributed by atoms with Crippen LogP contribution >= 0.6 is 0 Å². The summed E-state index contributed by atoms with van der Waals surface area (Å²) in [5.74, 6) is 0. The predicted molar refractivity (Wildman–Crippen MR) is 59.4 cm³/mol. The Morgan fingerprint density at radius 1 is 1.47 bits per heavy atom. The molecule has 0 bridgehead atoms. The van der Waals surface area contributed by atoms with Crippen LogP contribution in [0.4, 0.5) is 4.39 Å². The maximum absolute atomic E-state index is 11.9. The summed E-state index contributed by atoms with van der Waals surface area (Å²) < 4.78 is 13.7. The molecule has 0 aliphatic carbocycles. The maximum atomic E-state index is 11.9. The first kappa shape index (κ1) is 12.2. The minimum Gasteiger partial charge on any atom is -0.308 e. The molecular weight excluding hydrogens is 193 g/mol. The number of alkyl halides is 1. The first-order valence-corrected chi connectivity index (χ1v) is 5.33. The van der Waals surface area contributed by atoms with Gasteiger partial charge >= 0.3 is 0 Å². The quantitative estimate of drug-likeness (QED) is 0.812. The van der Waals surface area contributed by atoms with E-state index in [2.05, 4.69) is 31.2 Å². The number of nitrogens with zero attached hydrogens (tertiary/aromatic N) is 2. The van der Waals surface area contributed by atoms with Crippen molar-refractivity contribution in [1.29, 1.82) is 0 Å². The average Bonchev–Trinajstić information content (AvgIpc) is 2.58. The Morgan fingerprint density at radius 2 is 2.20 bits per heavy atom. The molecule has 1 aromatic heterocycles. The van der Waals surface area contributed by atoms with E-state index in [0.717, 1.165) is 12.1 Å². The van der Waals surface area contributed by atoms with Crippen LogP contribution in [-0.4, -0.2) is 22.0 Å². The van der Waals surface area contributed by atoms with Gasteiger partial charge in [0, 0.05) is 30.4 Å². The molecule has 0 spiro atoms. The number of aromatic nitrogens is 2. The highest BCUT2D eigenvalue weighted by Crippen LogP contribution is 2.03. The van der Waals surface area contributed by atoms with Crippen LogP contribution in [0.25, 0.3) is 0 Å². The third-order valence-corrected chi connectivity index (χ3v) is 2.03. The summed E-state index contributed by atoms with van der Waals surface area (Å²) >= 11 is 0. The molecule has 15 heavy (non-hydrogen) atoms. The third kappa shape index (κ3) is 4.93. The highest BCUT2D eigenvalue weighted by molar-refractivity contribution is 5.03. The second-order valence-corrected chi connectivity index (χ2v) is 4.76. The summed E-state index contributed by atoms with van der Waals surface area (Å²) in [5.41, 5.74) is 1.25. The Morgan fingerprint density at radius 3 is 2.80 bits per heavy atom. The van der Waals surface area contributed by atoms with Crippen molar-refractivity contribution in [3.05, 3.63) is 18.0 Å². The van der Waals surface area contributed by atoms with Gasteiger partial charge in [0.15, 0.2) is 0 Å². The highest BCUT2D eigenvalue weighted by atomic mass is 19.1. The molecule has 0 saturated carbocycles. The van der Waals surface area contributed by atoms with Gasteiger partial charge in [-0.25, -0.2) is 0 Å². The Balaban J connectivity index is 2.39. The molecule has 0 aromatic carbocycles. The van der Waals surface area contributed by atoms with Gasteiger partial charge in [-0.05, 0) is 27.2 Å². The molecule has 0 unspecified atom stereocenters. The lowest BCUT2D eigenvalue weighted by Crippen LogP contribution is -2.34. The number of nitrogens with one attached hydrogen (secondary N) is 1. The van der Waals surface area contributed by atoms with Crippen LogP contribution in [0.15, 0.2) is 12.4 Å². The van der Waals surface area contributed by atoms with Gasteiger partial charge in [-0.15, -0.1) is 0 Å². The van der Waals surface area contributed by atoms with Crippen molar-refractivity contribution in [2.24, 2.45) is 0 Å². The Kier molecular flexibility index (Phi) is 4.27. The molecule has 1 aromatic rings. The fourth-order valence-electron chi connectivity index (χ4n) is 1.21. The van der Waals surface area contributed by atoms with Crippen molar-refractivity contribution in [3.8, 4) is 0 Å². The number of hydrogen-bond acceptors (Lipinski definition) is 2. The third-order valence-electron chi connectivity index (χ3n) is 2.03. The summed E-state index contributed by atoms with van der Waals surface area (Å²) in [4.78, 5) is 0. The second-order valence-electron chi connectivity index (χ2n) is 4.76. The molecule has 0 amide bonds. The predicted octanol–water partition coefficient (Wildman–Crippen LogP) is 2.13. The van der Waals surface area contributed by atoms with E-state index in [1.807, 2.05) is 12.4 Å². The zero-order valence-corrected chi connectivity index (χ0v) is 9.76. The van der Waals surface area contributed by atoms with Crippen LogP contribution in [0.5, 0.6) is 0 Å². The first-order valence-electron chi connectivity index (χ1n) is 5.33. The Hall–Kier alpha value is -0.900. The number of rotatable bonds is 5. The SMILES string of the molecule is CC(C)(C)NCc1cnn(CCCF)c1. The number of halogens is 1. The Bertz CT molecular complexity index is 288. The van der Waals surface area contributed by atoms with Crippen molar-refractivity contribution in [3.63, 3.8) is 0 Å². The van der Waals surface area contributed by atoms with Gasteiger partial charge in [0.25, 0.3) is 0 Å². The molecule has 0 atom stereocenters. The lowest BCUT2D eigenvalue weighted by molar-refractivity contribution is 0.423. The molecule has 0 aliphatic heterocycles. The van der Waals surface area contributed by atoms with Gasteiger partial charge in [0.2, 0.25) is 0 Å². The van der Waals surface area contributed by atoms with E-state index in [1.54, 1.807) is 4.68 Å². The average molecular weight is 213 g/mol. The molecule has 1 N–H and O–H groups in total. The van der Waals surface area contributed by atoms with Crippen LogP contribution in [0.1, 0.15) is 32.8 Å². The van der Waals surface area contributed by atoms with Gasteiger partial charge in [-0.2, -0.15) is 5.10 Å². The second kappa shape index (κ2) is 5.26. The van der Waals surface area contributed by atoms with Crippen molar-refractivity contribution in [1.82, 2.24) is 15.1 Å². The van der Waals surface area contributed by atoms with Crippen LogP contribution < -0.4 is 5.32 Å². The van der Waals surface area contributed by atoms with Gasteiger partial charge < -0.3 is 5.32 Å². The van der Waals surface area contributed by atoms with E-state index in [4.69, 9.17) is 0 Å². The summed E-state index contributed by atoms with van der Waals surface area (Å²) in [6.07, 6.45) is 4.33. The monoisotopic (exact) mass is 213 g/mol. The van der Waals surface area contributed by atoms with Crippen molar-refractivity contribution in [2.45, 2.75) is 45.8 Å². The van der Waals surface area contributed by atoms with Crippen LogP contribution in [-0.2, 0) is 13.1 Å².